The van der Waals surface area contributed by atoms with Gasteiger partial charge in [-0.05, 0) is 17.7 Å². The molecule has 2 rings (SSSR count). The predicted octanol–water partition coefficient (Wildman–Crippen LogP) is 1.44. The van der Waals surface area contributed by atoms with Crippen molar-refractivity contribution in [3.8, 4) is 0 Å². The van der Waals surface area contributed by atoms with Crippen LogP contribution < -0.4 is 0 Å². The lowest BCUT2D eigenvalue weighted by atomic mass is 9.97. The molecule has 0 radical (unpaired) electrons. The molecule has 1 unspecified atom stereocenters. The fraction of sp³-hybridized carbons (Fsp3) is 0.333. The summed E-state index contributed by atoms with van der Waals surface area (Å²) in [5.74, 6) is -4.62. The van der Waals surface area contributed by atoms with Crippen molar-refractivity contribution in [2.75, 3.05) is 0 Å². The summed E-state index contributed by atoms with van der Waals surface area (Å²) in [5.41, 5.74) is -1.90. The highest BCUT2D eigenvalue weighted by Gasteiger charge is 2.77. The molecule has 1 fully saturated rings. The molecule has 3 nitrogen and oxygen atoms in total. The molecular weight excluding hydrogens is 192 g/mol. The molecule has 14 heavy (non-hydrogen) atoms. The number of rotatable bonds is 2. The van der Waals surface area contributed by atoms with Crippen LogP contribution in [0, 0.1) is 0 Å². The van der Waals surface area contributed by atoms with E-state index in [0.29, 0.717) is 0 Å². The molecule has 1 aliphatic rings. The smallest absolute Gasteiger partial charge is 0.320 e. The van der Waals surface area contributed by atoms with Crippen molar-refractivity contribution < 1.29 is 18.7 Å². The number of carboxylic acids is 1. The molecule has 1 heterocycles. The topological polar surface area (TPSA) is 50.2 Å². The van der Waals surface area contributed by atoms with Gasteiger partial charge in [0.25, 0.3) is 5.92 Å². The third kappa shape index (κ3) is 0.950. The van der Waals surface area contributed by atoms with E-state index in [2.05, 4.69) is 4.98 Å². The Kier molecular flexibility index (Phi) is 1.61. The van der Waals surface area contributed by atoms with Gasteiger partial charge in [0.1, 0.15) is 0 Å². The van der Waals surface area contributed by atoms with Gasteiger partial charge in [-0.3, -0.25) is 9.78 Å². The van der Waals surface area contributed by atoms with Crippen molar-refractivity contribution in [1.29, 1.82) is 0 Å². The molecule has 1 aliphatic carbocycles. The summed E-state index contributed by atoms with van der Waals surface area (Å²) in [7, 11) is 0. The number of pyridine rings is 1. The third-order valence-electron chi connectivity index (χ3n) is 2.52. The lowest BCUT2D eigenvalue weighted by Crippen LogP contribution is -2.26. The Morgan fingerprint density at radius 3 is 2.29 bits per heavy atom. The highest BCUT2D eigenvalue weighted by molar-refractivity contribution is 5.87. The molecule has 0 aromatic carbocycles. The molecule has 74 valence electrons. The minimum absolute atomic E-state index is 0.116. The average molecular weight is 199 g/mol. The van der Waals surface area contributed by atoms with Crippen LogP contribution >= 0.6 is 0 Å². The van der Waals surface area contributed by atoms with E-state index in [9.17, 15) is 13.6 Å². The molecule has 0 bridgehead atoms. The van der Waals surface area contributed by atoms with Crippen LogP contribution in [0.4, 0.5) is 8.78 Å². The van der Waals surface area contributed by atoms with Gasteiger partial charge in [-0.15, -0.1) is 0 Å². The van der Waals surface area contributed by atoms with E-state index in [-0.39, 0.29) is 5.56 Å². The first-order valence-electron chi connectivity index (χ1n) is 4.02. The fourth-order valence-corrected chi connectivity index (χ4v) is 1.59. The van der Waals surface area contributed by atoms with Gasteiger partial charge in [-0.2, -0.15) is 0 Å². The molecule has 1 saturated carbocycles. The number of hydrogen-bond donors (Lipinski definition) is 1. The number of aromatic nitrogens is 1. The largest absolute Gasteiger partial charge is 0.480 e. The second kappa shape index (κ2) is 2.50. The van der Waals surface area contributed by atoms with E-state index in [1.54, 1.807) is 0 Å². The van der Waals surface area contributed by atoms with Gasteiger partial charge in [0.15, 0.2) is 5.41 Å². The lowest BCUT2D eigenvalue weighted by molar-refractivity contribution is -0.142. The normalized spacial score (nSPS) is 28.4. The van der Waals surface area contributed by atoms with Crippen LogP contribution in [0.2, 0.25) is 0 Å². The third-order valence-corrected chi connectivity index (χ3v) is 2.52. The van der Waals surface area contributed by atoms with Gasteiger partial charge in [0, 0.05) is 18.8 Å². The van der Waals surface area contributed by atoms with E-state index in [1.165, 1.54) is 24.5 Å². The van der Waals surface area contributed by atoms with E-state index >= 15 is 0 Å². The molecule has 1 atom stereocenters. The summed E-state index contributed by atoms with van der Waals surface area (Å²) in [6.07, 6.45) is 2.00. The van der Waals surface area contributed by atoms with Crippen LogP contribution in [-0.4, -0.2) is 22.0 Å². The monoisotopic (exact) mass is 199 g/mol. The predicted molar refractivity (Wildman–Crippen MR) is 43.1 cm³/mol. The molecule has 0 amide bonds. The number of alkyl halides is 2. The van der Waals surface area contributed by atoms with Crippen molar-refractivity contribution in [2.24, 2.45) is 0 Å². The highest BCUT2D eigenvalue weighted by Crippen LogP contribution is 2.61. The van der Waals surface area contributed by atoms with Crippen LogP contribution in [-0.2, 0) is 10.2 Å². The highest BCUT2D eigenvalue weighted by atomic mass is 19.3. The van der Waals surface area contributed by atoms with Gasteiger partial charge >= 0.3 is 5.97 Å². The number of carboxylic acid groups (broad SMARTS) is 1. The number of hydrogen-bond acceptors (Lipinski definition) is 2. The summed E-state index contributed by atoms with van der Waals surface area (Å²) in [4.78, 5) is 14.5. The maximum Gasteiger partial charge on any atom is 0.320 e. The Hall–Kier alpha value is -1.52. The molecule has 1 aromatic heterocycles. The van der Waals surface area contributed by atoms with Gasteiger partial charge in [0.05, 0.1) is 0 Å². The summed E-state index contributed by atoms with van der Waals surface area (Å²) >= 11 is 0. The Bertz CT molecular complexity index is 380. The minimum atomic E-state index is -3.14. The molecule has 5 heteroatoms. The summed E-state index contributed by atoms with van der Waals surface area (Å²) in [6, 6.07) is 2.63. The standard InChI is InChI=1S/C9H7F2NO2/c10-9(11)5-8(9,7(13)14)6-1-3-12-4-2-6/h1-4H,5H2,(H,13,14). The van der Waals surface area contributed by atoms with E-state index < -0.39 is 23.7 Å². The van der Waals surface area contributed by atoms with Gasteiger partial charge in [0.2, 0.25) is 0 Å². The molecule has 0 spiro atoms. The second-order valence-corrected chi connectivity index (χ2v) is 3.33. The number of carbonyl (C=O) groups is 1. The molecule has 0 aliphatic heterocycles. The van der Waals surface area contributed by atoms with Crippen molar-refractivity contribution in [3.63, 3.8) is 0 Å². The molecule has 1 N–H and O–H groups in total. The second-order valence-electron chi connectivity index (χ2n) is 3.33. The zero-order valence-corrected chi connectivity index (χ0v) is 7.08. The SMILES string of the molecule is O=C(O)C1(c2ccncc2)CC1(F)F. The quantitative estimate of drug-likeness (QED) is 0.784. The van der Waals surface area contributed by atoms with Crippen molar-refractivity contribution in [3.05, 3.63) is 30.1 Å². The molecular formula is C9H7F2NO2. The first kappa shape index (κ1) is 9.05. The lowest BCUT2D eigenvalue weighted by Gasteiger charge is -2.10. The zero-order valence-electron chi connectivity index (χ0n) is 7.08. The van der Waals surface area contributed by atoms with Crippen LogP contribution in [0.25, 0.3) is 0 Å². The van der Waals surface area contributed by atoms with Gasteiger partial charge in [-0.25, -0.2) is 8.78 Å². The summed E-state index contributed by atoms with van der Waals surface area (Å²) in [6.45, 7) is 0. The van der Waals surface area contributed by atoms with Crippen molar-refractivity contribution in [1.82, 2.24) is 4.98 Å². The number of nitrogens with zero attached hydrogens (tertiary/aromatic N) is 1. The maximum atomic E-state index is 13.0. The first-order valence-corrected chi connectivity index (χ1v) is 4.02. The van der Waals surface area contributed by atoms with E-state index in [0.717, 1.165) is 0 Å². The first-order chi connectivity index (χ1) is 6.51. The minimum Gasteiger partial charge on any atom is -0.480 e. The van der Waals surface area contributed by atoms with Gasteiger partial charge < -0.3 is 5.11 Å². The Morgan fingerprint density at radius 2 is 1.93 bits per heavy atom. The fourth-order valence-electron chi connectivity index (χ4n) is 1.59. The van der Waals surface area contributed by atoms with Crippen LogP contribution in [0.3, 0.4) is 0 Å². The summed E-state index contributed by atoms with van der Waals surface area (Å²) in [5, 5.41) is 8.79. The Balaban J connectivity index is 2.47. The van der Waals surface area contributed by atoms with Crippen molar-refractivity contribution >= 4 is 5.97 Å². The van der Waals surface area contributed by atoms with E-state index in [1.807, 2.05) is 0 Å². The average Bonchev–Trinajstić information content (AvgIpc) is 2.72. The van der Waals surface area contributed by atoms with E-state index in [4.69, 9.17) is 5.11 Å². The number of aliphatic carboxylic acids is 1. The Labute approximate surface area is 78.4 Å². The van der Waals surface area contributed by atoms with Crippen LogP contribution in [0.15, 0.2) is 24.5 Å². The van der Waals surface area contributed by atoms with Crippen LogP contribution in [0.5, 0.6) is 0 Å². The zero-order chi connectivity index (χ0) is 10.4. The van der Waals surface area contributed by atoms with Gasteiger partial charge in [-0.1, -0.05) is 0 Å². The maximum absolute atomic E-state index is 13.0. The summed E-state index contributed by atoms with van der Waals surface area (Å²) < 4.78 is 26.0. The molecule has 1 aromatic rings. The van der Waals surface area contributed by atoms with Crippen LogP contribution in [0.1, 0.15) is 12.0 Å². The molecule has 0 saturated heterocycles. The van der Waals surface area contributed by atoms with Crippen molar-refractivity contribution in [2.45, 2.75) is 17.8 Å². The number of halogens is 2. The Morgan fingerprint density at radius 1 is 1.43 bits per heavy atom.